The normalized spacial score (nSPS) is 25.2. The summed E-state index contributed by atoms with van der Waals surface area (Å²) in [5, 5.41) is 2.98. The first-order chi connectivity index (χ1) is 13.5. The molecular formula is C22H33N3O3. The van der Waals surface area contributed by atoms with Crippen molar-refractivity contribution in [2.75, 3.05) is 37.6 Å². The van der Waals surface area contributed by atoms with E-state index in [1.165, 1.54) is 6.42 Å². The first-order valence-corrected chi connectivity index (χ1v) is 10.5. The topological polar surface area (TPSA) is 61.9 Å². The molecule has 3 atom stereocenters. The van der Waals surface area contributed by atoms with E-state index in [2.05, 4.69) is 24.1 Å². The molecular weight excluding hydrogens is 354 g/mol. The average Bonchev–Trinajstić information content (AvgIpc) is 2.66. The highest BCUT2D eigenvalue weighted by atomic mass is 16.5. The number of amides is 2. The number of piperidine rings is 1. The average molecular weight is 388 g/mol. The number of benzene rings is 1. The Balaban J connectivity index is 1.48. The lowest BCUT2D eigenvalue weighted by molar-refractivity contribution is -0.129. The summed E-state index contributed by atoms with van der Waals surface area (Å²) in [4.78, 5) is 29.2. The maximum atomic E-state index is 12.7. The lowest BCUT2D eigenvalue weighted by atomic mass is 9.92. The van der Waals surface area contributed by atoms with Crippen LogP contribution in [0.2, 0.25) is 0 Å². The van der Waals surface area contributed by atoms with Gasteiger partial charge < -0.3 is 15.0 Å². The molecule has 0 aliphatic carbocycles. The van der Waals surface area contributed by atoms with Gasteiger partial charge in [0.15, 0.2) is 6.10 Å². The summed E-state index contributed by atoms with van der Waals surface area (Å²) in [6, 6.07) is 7.40. The standard InChI is InChI=1S/C22H33N3O3/c1-4-19-22(27)25(18-8-5-6-9-20(18)28-19)15-21(26)23-10-7-11-24-13-16(2)12-17(3)14-24/h5-6,8-9,16-17,19H,4,7,10-15H2,1-3H3,(H,23,26)/t16-,17-,19-/m0/s1. The van der Waals surface area contributed by atoms with Gasteiger partial charge in [0, 0.05) is 19.6 Å². The van der Waals surface area contributed by atoms with Gasteiger partial charge >= 0.3 is 0 Å². The quantitative estimate of drug-likeness (QED) is 0.731. The molecule has 0 spiro atoms. The third-order valence-electron chi connectivity index (χ3n) is 5.56. The molecule has 0 bridgehead atoms. The number of likely N-dealkylation sites (tertiary alicyclic amines) is 1. The van der Waals surface area contributed by atoms with Gasteiger partial charge in [-0.2, -0.15) is 0 Å². The second-order valence-electron chi connectivity index (χ2n) is 8.32. The van der Waals surface area contributed by atoms with Crippen molar-refractivity contribution in [1.29, 1.82) is 0 Å². The van der Waals surface area contributed by atoms with E-state index in [1.54, 1.807) is 4.90 Å². The van der Waals surface area contributed by atoms with Gasteiger partial charge in [-0.3, -0.25) is 14.5 Å². The Morgan fingerprint density at radius 1 is 1.21 bits per heavy atom. The maximum absolute atomic E-state index is 12.7. The van der Waals surface area contributed by atoms with E-state index >= 15 is 0 Å². The number of ether oxygens (including phenoxy) is 1. The predicted octanol–water partition coefficient (Wildman–Crippen LogP) is 2.67. The Labute approximate surface area is 168 Å². The Hall–Kier alpha value is -2.08. The van der Waals surface area contributed by atoms with Crippen molar-refractivity contribution in [3.05, 3.63) is 24.3 Å². The van der Waals surface area contributed by atoms with Gasteiger partial charge in [0.25, 0.3) is 5.91 Å². The van der Waals surface area contributed by atoms with E-state index in [4.69, 9.17) is 4.74 Å². The van der Waals surface area contributed by atoms with E-state index in [9.17, 15) is 9.59 Å². The summed E-state index contributed by atoms with van der Waals surface area (Å²) in [5.74, 6) is 1.89. The molecule has 2 aliphatic heterocycles. The molecule has 0 saturated carbocycles. The SMILES string of the molecule is CC[C@@H]1Oc2ccccc2N(CC(=O)NCCCN2C[C@@H](C)C[C@H](C)C2)C1=O. The van der Waals surface area contributed by atoms with Gasteiger partial charge in [0.2, 0.25) is 5.91 Å². The van der Waals surface area contributed by atoms with Crippen molar-refractivity contribution >= 4 is 17.5 Å². The van der Waals surface area contributed by atoms with E-state index < -0.39 is 6.10 Å². The molecule has 6 heteroatoms. The number of anilines is 1. The number of fused-ring (bicyclic) bond motifs is 1. The Bertz CT molecular complexity index is 683. The van der Waals surface area contributed by atoms with Gasteiger partial charge in [0.1, 0.15) is 12.3 Å². The Morgan fingerprint density at radius 3 is 2.64 bits per heavy atom. The lowest BCUT2D eigenvalue weighted by Crippen LogP contribution is -2.49. The highest BCUT2D eigenvalue weighted by Gasteiger charge is 2.34. The van der Waals surface area contributed by atoms with Crippen molar-refractivity contribution in [2.45, 2.75) is 46.1 Å². The van der Waals surface area contributed by atoms with Crippen LogP contribution in [0, 0.1) is 11.8 Å². The zero-order valence-corrected chi connectivity index (χ0v) is 17.3. The van der Waals surface area contributed by atoms with Crippen LogP contribution in [0.4, 0.5) is 5.69 Å². The van der Waals surface area contributed by atoms with E-state index in [-0.39, 0.29) is 18.4 Å². The molecule has 1 N–H and O–H groups in total. The number of hydrogen-bond donors (Lipinski definition) is 1. The highest BCUT2D eigenvalue weighted by Crippen LogP contribution is 2.34. The maximum Gasteiger partial charge on any atom is 0.268 e. The summed E-state index contributed by atoms with van der Waals surface area (Å²) in [6.45, 7) is 10.5. The molecule has 28 heavy (non-hydrogen) atoms. The monoisotopic (exact) mass is 387 g/mol. The van der Waals surface area contributed by atoms with Gasteiger partial charge in [-0.05, 0) is 49.8 Å². The second kappa shape index (κ2) is 9.41. The van der Waals surface area contributed by atoms with Gasteiger partial charge in [0.05, 0.1) is 5.69 Å². The number of para-hydroxylation sites is 2. The van der Waals surface area contributed by atoms with Crippen molar-refractivity contribution in [3.8, 4) is 5.75 Å². The summed E-state index contributed by atoms with van der Waals surface area (Å²) in [6.07, 6.45) is 2.29. The van der Waals surface area contributed by atoms with Crippen LogP contribution in [-0.4, -0.2) is 55.5 Å². The third-order valence-corrected chi connectivity index (χ3v) is 5.56. The molecule has 1 aromatic rings. The summed E-state index contributed by atoms with van der Waals surface area (Å²) >= 11 is 0. The Kier molecular flexibility index (Phi) is 6.94. The van der Waals surface area contributed by atoms with E-state index in [1.807, 2.05) is 31.2 Å². The molecule has 2 aliphatic rings. The smallest absolute Gasteiger partial charge is 0.268 e. The minimum atomic E-state index is -0.522. The van der Waals surface area contributed by atoms with Crippen LogP contribution in [0.1, 0.15) is 40.0 Å². The molecule has 2 amide bonds. The fourth-order valence-corrected chi connectivity index (χ4v) is 4.40. The van der Waals surface area contributed by atoms with Crippen LogP contribution in [0.5, 0.6) is 5.75 Å². The highest BCUT2D eigenvalue weighted by molar-refractivity contribution is 6.03. The zero-order valence-electron chi connectivity index (χ0n) is 17.3. The summed E-state index contributed by atoms with van der Waals surface area (Å²) < 4.78 is 5.76. The minimum Gasteiger partial charge on any atom is -0.478 e. The number of carbonyl (C=O) groups is 2. The molecule has 2 heterocycles. The van der Waals surface area contributed by atoms with Crippen molar-refractivity contribution in [1.82, 2.24) is 10.2 Å². The molecule has 154 valence electrons. The molecule has 3 rings (SSSR count). The molecule has 0 unspecified atom stereocenters. The van der Waals surface area contributed by atoms with E-state index in [0.29, 0.717) is 24.4 Å². The predicted molar refractivity (Wildman–Crippen MR) is 111 cm³/mol. The van der Waals surface area contributed by atoms with Crippen LogP contribution in [0.3, 0.4) is 0 Å². The van der Waals surface area contributed by atoms with E-state index in [0.717, 1.165) is 37.9 Å². The summed E-state index contributed by atoms with van der Waals surface area (Å²) in [7, 11) is 0. The minimum absolute atomic E-state index is 0.0352. The Morgan fingerprint density at radius 2 is 1.93 bits per heavy atom. The first kappa shape index (κ1) is 20.6. The third kappa shape index (κ3) is 5.04. The number of rotatable bonds is 7. The van der Waals surface area contributed by atoms with Gasteiger partial charge in [-0.25, -0.2) is 0 Å². The second-order valence-corrected chi connectivity index (χ2v) is 8.32. The molecule has 0 aromatic heterocycles. The van der Waals surface area contributed by atoms with Crippen molar-refractivity contribution in [3.63, 3.8) is 0 Å². The van der Waals surface area contributed by atoms with Crippen LogP contribution < -0.4 is 15.0 Å². The molecule has 6 nitrogen and oxygen atoms in total. The van der Waals surface area contributed by atoms with Gasteiger partial charge in [-0.1, -0.05) is 32.9 Å². The van der Waals surface area contributed by atoms with Crippen molar-refractivity contribution < 1.29 is 14.3 Å². The first-order valence-electron chi connectivity index (χ1n) is 10.5. The van der Waals surface area contributed by atoms with Crippen LogP contribution in [0.25, 0.3) is 0 Å². The van der Waals surface area contributed by atoms with Gasteiger partial charge in [-0.15, -0.1) is 0 Å². The van der Waals surface area contributed by atoms with Crippen LogP contribution >= 0.6 is 0 Å². The number of nitrogens with one attached hydrogen (secondary N) is 1. The summed E-state index contributed by atoms with van der Waals surface area (Å²) in [5.41, 5.74) is 0.670. The number of nitrogens with zero attached hydrogens (tertiary/aromatic N) is 2. The van der Waals surface area contributed by atoms with Crippen LogP contribution in [-0.2, 0) is 9.59 Å². The number of carbonyl (C=O) groups excluding carboxylic acids is 2. The van der Waals surface area contributed by atoms with Crippen molar-refractivity contribution in [2.24, 2.45) is 11.8 Å². The molecule has 1 saturated heterocycles. The molecule has 1 aromatic carbocycles. The fraction of sp³-hybridized carbons (Fsp3) is 0.636. The molecule has 1 fully saturated rings. The van der Waals surface area contributed by atoms with Crippen LogP contribution in [0.15, 0.2) is 24.3 Å². The fourth-order valence-electron chi connectivity index (χ4n) is 4.40. The largest absolute Gasteiger partial charge is 0.478 e. The number of hydrogen-bond acceptors (Lipinski definition) is 4. The zero-order chi connectivity index (χ0) is 20.1. The lowest BCUT2D eigenvalue weighted by Gasteiger charge is -2.35. The molecule has 0 radical (unpaired) electrons.